The van der Waals surface area contributed by atoms with Crippen molar-refractivity contribution >= 4 is 23.1 Å². The van der Waals surface area contributed by atoms with Crippen molar-refractivity contribution in [1.82, 2.24) is 19.5 Å². The lowest BCUT2D eigenvalue weighted by Gasteiger charge is -2.23. The van der Waals surface area contributed by atoms with Crippen molar-refractivity contribution in [2.75, 3.05) is 21.3 Å². The predicted molar refractivity (Wildman–Crippen MR) is 174 cm³/mol. The van der Waals surface area contributed by atoms with Crippen LogP contribution in [0.4, 0.5) is 0 Å². The van der Waals surface area contributed by atoms with Gasteiger partial charge >= 0.3 is 11.9 Å². The van der Waals surface area contributed by atoms with Crippen LogP contribution in [-0.2, 0) is 33.1 Å². The third kappa shape index (κ3) is 9.35. The Morgan fingerprint density at radius 3 is 2.19 bits per heavy atom. The number of hydrogen-bond acceptors (Lipinski definition) is 10. The van der Waals surface area contributed by atoms with E-state index in [1.807, 2.05) is 54.8 Å². The van der Waals surface area contributed by atoms with E-state index in [9.17, 15) is 9.59 Å². The number of aromatic amines is 1. The van der Waals surface area contributed by atoms with E-state index < -0.39 is 17.5 Å². The molecule has 0 atom stereocenters. The quantitative estimate of drug-likeness (QED) is 0.144. The summed E-state index contributed by atoms with van der Waals surface area (Å²) >= 11 is 0. The molecule has 14 nitrogen and oxygen atoms in total. The van der Waals surface area contributed by atoms with Crippen LogP contribution in [0.3, 0.4) is 0 Å². The van der Waals surface area contributed by atoms with Crippen LogP contribution in [0, 0.1) is 5.41 Å². The van der Waals surface area contributed by atoms with Crippen LogP contribution in [-0.4, -0.2) is 69.1 Å². The zero-order valence-electron chi connectivity index (χ0n) is 27.6. The molecule has 1 saturated carbocycles. The zero-order chi connectivity index (χ0) is 34.8. The van der Waals surface area contributed by atoms with Crippen LogP contribution in [0.2, 0.25) is 0 Å². The molecule has 1 fully saturated rings. The van der Waals surface area contributed by atoms with E-state index in [0.717, 1.165) is 35.5 Å². The number of carbonyl (C=O) groups is 2. The van der Waals surface area contributed by atoms with Crippen molar-refractivity contribution < 1.29 is 43.5 Å². The standard InChI is InChI=1S/C30H37N5O5.C4H4O4/c1-30(2,39-17-20-12-22(36-3)15-23(13-20)37-4)29-33-26-27(31)32-18-35(28(26)34-29)16-19-10-11-24(38-5)25(14-19)40-21-8-6-7-9-21;5-3(6)1-2-4(7)8/h10-15,18,21,31H,6-9,16-17H2,1-5H3,(H,33,34);1-2H,(H,5,6)(H,7,8)/b;2-1+. The van der Waals surface area contributed by atoms with Gasteiger partial charge in [0.2, 0.25) is 0 Å². The summed E-state index contributed by atoms with van der Waals surface area (Å²) in [7, 11) is 4.90. The summed E-state index contributed by atoms with van der Waals surface area (Å²) in [5.74, 6) is 0.953. The summed E-state index contributed by atoms with van der Waals surface area (Å²) in [6, 6.07) is 11.6. The fourth-order valence-corrected chi connectivity index (χ4v) is 5.10. The second-order valence-electron chi connectivity index (χ2n) is 11.5. The first-order valence-electron chi connectivity index (χ1n) is 15.3. The van der Waals surface area contributed by atoms with Crippen molar-refractivity contribution in [3.8, 4) is 23.0 Å². The first-order chi connectivity index (χ1) is 22.9. The lowest BCUT2D eigenvalue weighted by molar-refractivity contribution is -0.134. The third-order valence-electron chi connectivity index (χ3n) is 7.65. The summed E-state index contributed by atoms with van der Waals surface area (Å²) in [5, 5.41) is 24.0. The molecule has 0 unspecified atom stereocenters. The summed E-state index contributed by atoms with van der Waals surface area (Å²) in [4.78, 5) is 31.6. The van der Waals surface area contributed by atoms with Crippen LogP contribution in [0.5, 0.6) is 23.0 Å². The number of methoxy groups -OCH3 is 3. The van der Waals surface area contributed by atoms with Gasteiger partial charge in [-0.15, -0.1) is 0 Å². The van der Waals surface area contributed by atoms with Crippen LogP contribution < -0.4 is 24.4 Å². The van der Waals surface area contributed by atoms with E-state index in [2.05, 4.69) is 9.97 Å². The molecule has 1 aliphatic rings. The fourth-order valence-electron chi connectivity index (χ4n) is 5.10. The van der Waals surface area contributed by atoms with Crippen LogP contribution in [0.25, 0.3) is 11.2 Å². The van der Waals surface area contributed by atoms with Crippen LogP contribution in [0.15, 0.2) is 54.9 Å². The van der Waals surface area contributed by atoms with Crippen LogP contribution >= 0.6 is 0 Å². The highest BCUT2D eigenvalue weighted by Gasteiger charge is 2.27. The average molecular weight is 664 g/mol. The highest BCUT2D eigenvalue weighted by Crippen LogP contribution is 2.33. The lowest BCUT2D eigenvalue weighted by atomic mass is 10.1. The Labute approximate surface area is 277 Å². The minimum Gasteiger partial charge on any atom is -0.497 e. The molecule has 1 aliphatic carbocycles. The molecular weight excluding hydrogens is 622 g/mol. The van der Waals surface area contributed by atoms with E-state index in [0.29, 0.717) is 53.8 Å². The Morgan fingerprint density at radius 2 is 1.60 bits per heavy atom. The molecule has 2 heterocycles. The number of ether oxygens (including phenoxy) is 5. The Hall–Kier alpha value is -5.37. The lowest BCUT2D eigenvalue weighted by Crippen LogP contribution is -2.23. The predicted octanol–water partition coefficient (Wildman–Crippen LogP) is 4.80. The second kappa shape index (κ2) is 16.0. The Bertz CT molecular complexity index is 1790. The van der Waals surface area contributed by atoms with Gasteiger partial charge in [-0.05, 0) is 74.9 Å². The highest BCUT2D eigenvalue weighted by molar-refractivity contribution is 5.89. The SMILES string of the molecule is COc1cc(COC(C)(C)c2nc3c([nH]2)c(=N)ncn3Cc2ccc(OC)c(OC3CCCC3)c2)cc(OC)c1.O=C(O)/C=C/C(=O)O. The van der Waals surface area contributed by atoms with Gasteiger partial charge in [0.05, 0.1) is 46.9 Å². The van der Waals surface area contributed by atoms with Gasteiger partial charge in [0, 0.05) is 18.2 Å². The Kier molecular flexibility index (Phi) is 11.8. The summed E-state index contributed by atoms with van der Waals surface area (Å²) < 4.78 is 30.8. The van der Waals surface area contributed by atoms with E-state index in [1.165, 1.54) is 12.8 Å². The molecule has 4 aromatic rings. The topological polar surface area (TPSA) is 191 Å². The van der Waals surface area contributed by atoms with Gasteiger partial charge in [0.15, 0.2) is 22.6 Å². The normalized spacial score (nSPS) is 13.3. The molecule has 5 rings (SSSR count). The Balaban J connectivity index is 0.000000579. The molecule has 0 spiro atoms. The number of carboxylic acids is 2. The largest absolute Gasteiger partial charge is 0.497 e. The molecule has 0 saturated heterocycles. The smallest absolute Gasteiger partial charge is 0.328 e. The van der Waals surface area contributed by atoms with Gasteiger partial charge in [0.1, 0.15) is 28.4 Å². The Morgan fingerprint density at radius 1 is 0.958 bits per heavy atom. The minimum absolute atomic E-state index is 0.123. The number of aliphatic carboxylic acids is 2. The van der Waals surface area contributed by atoms with Gasteiger partial charge in [-0.3, -0.25) is 5.41 Å². The molecular formula is C34H41N5O9. The number of benzene rings is 2. The number of nitrogens with zero attached hydrogens (tertiary/aromatic N) is 3. The van der Waals surface area contributed by atoms with E-state index in [-0.39, 0.29) is 11.6 Å². The number of carboxylic acid groups (broad SMARTS) is 2. The van der Waals surface area contributed by atoms with E-state index in [1.54, 1.807) is 27.7 Å². The minimum atomic E-state index is -1.26. The molecule has 4 N–H and O–H groups in total. The second-order valence-corrected chi connectivity index (χ2v) is 11.5. The number of hydrogen-bond donors (Lipinski definition) is 4. The number of rotatable bonds is 13. The summed E-state index contributed by atoms with van der Waals surface area (Å²) in [6.07, 6.45) is 7.51. The molecule has 0 aliphatic heterocycles. The molecule has 2 aromatic carbocycles. The zero-order valence-corrected chi connectivity index (χ0v) is 27.6. The van der Waals surface area contributed by atoms with Crippen molar-refractivity contribution in [2.45, 2.75) is 64.4 Å². The van der Waals surface area contributed by atoms with Crippen molar-refractivity contribution in [3.63, 3.8) is 0 Å². The number of H-pyrrole nitrogens is 1. The molecule has 48 heavy (non-hydrogen) atoms. The molecule has 2 aromatic heterocycles. The van der Waals surface area contributed by atoms with Gasteiger partial charge in [0.25, 0.3) is 0 Å². The van der Waals surface area contributed by atoms with Crippen molar-refractivity contribution in [2.24, 2.45) is 0 Å². The third-order valence-corrected chi connectivity index (χ3v) is 7.65. The van der Waals surface area contributed by atoms with Gasteiger partial charge in [-0.25, -0.2) is 19.6 Å². The fraction of sp³-hybridized carbons (Fsp3) is 0.382. The van der Waals surface area contributed by atoms with Crippen molar-refractivity contribution in [3.05, 3.63) is 77.3 Å². The monoisotopic (exact) mass is 663 g/mol. The summed E-state index contributed by atoms with van der Waals surface area (Å²) in [6.45, 7) is 4.71. The van der Waals surface area contributed by atoms with Gasteiger partial charge in [-0.2, -0.15) is 0 Å². The van der Waals surface area contributed by atoms with E-state index in [4.69, 9.17) is 44.3 Å². The number of aromatic nitrogens is 4. The summed E-state index contributed by atoms with van der Waals surface area (Å²) in [5.41, 5.74) is 2.46. The first kappa shape index (κ1) is 35.5. The van der Waals surface area contributed by atoms with E-state index >= 15 is 0 Å². The number of nitrogens with one attached hydrogen (secondary N) is 2. The number of fused-ring (bicyclic) bond motifs is 1. The molecule has 0 amide bonds. The highest BCUT2D eigenvalue weighted by atomic mass is 16.5. The number of imidazole rings is 1. The maximum atomic E-state index is 9.55. The molecule has 0 radical (unpaired) electrons. The van der Waals surface area contributed by atoms with Gasteiger partial charge < -0.3 is 43.4 Å². The maximum absolute atomic E-state index is 9.55. The van der Waals surface area contributed by atoms with Crippen LogP contribution in [0.1, 0.15) is 56.5 Å². The average Bonchev–Trinajstić information content (AvgIpc) is 3.76. The maximum Gasteiger partial charge on any atom is 0.328 e. The molecule has 256 valence electrons. The van der Waals surface area contributed by atoms with Gasteiger partial charge in [-0.1, -0.05) is 6.07 Å². The molecule has 0 bridgehead atoms. The molecule has 14 heteroatoms. The first-order valence-corrected chi connectivity index (χ1v) is 15.3. The van der Waals surface area contributed by atoms with Crippen molar-refractivity contribution in [1.29, 1.82) is 5.41 Å².